The van der Waals surface area contributed by atoms with E-state index in [4.69, 9.17) is 0 Å². The number of phenols is 1. The van der Waals surface area contributed by atoms with Crippen molar-refractivity contribution < 1.29 is 14.3 Å². The second-order valence-electron chi connectivity index (χ2n) is 7.26. The molecule has 3 N–H and O–H groups in total. The van der Waals surface area contributed by atoms with Crippen LogP contribution in [-0.2, 0) is 0 Å². The molecule has 0 saturated carbocycles. The molecule has 0 spiro atoms. The number of aromatic nitrogens is 3. The van der Waals surface area contributed by atoms with Crippen LogP contribution in [0.5, 0.6) is 5.75 Å². The van der Waals surface area contributed by atoms with E-state index in [1.807, 2.05) is 18.0 Å². The Morgan fingerprint density at radius 2 is 2.21 bits per heavy atom. The van der Waals surface area contributed by atoms with Crippen LogP contribution >= 0.6 is 0 Å². The van der Waals surface area contributed by atoms with E-state index in [0.29, 0.717) is 47.0 Å². The van der Waals surface area contributed by atoms with Crippen molar-refractivity contribution in [1.82, 2.24) is 25.4 Å². The number of hydrogen-bond acceptors (Lipinski definition) is 5. The van der Waals surface area contributed by atoms with E-state index in [0.717, 1.165) is 12.6 Å². The fraction of sp³-hybridized carbons (Fsp3) is 0.250. The van der Waals surface area contributed by atoms with Crippen molar-refractivity contribution in [3.8, 4) is 17.0 Å². The lowest BCUT2D eigenvalue weighted by molar-refractivity contribution is 0.0790. The average molecular weight is 379 g/mol. The summed E-state index contributed by atoms with van der Waals surface area (Å²) in [5.74, 6) is -0.539. The smallest absolute Gasteiger partial charge is 0.255 e. The first-order valence-corrected chi connectivity index (χ1v) is 9.07. The zero-order valence-electron chi connectivity index (χ0n) is 15.2. The first-order valence-electron chi connectivity index (χ1n) is 9.07. The van der Waals surface area contributed by atoms with Crippen molar-refractivity contribution in [2.75, 3.05) is 19.6 Å². The Balaban J connectivity index is 1.63. The molecular weight excluding hydrogens is 361 g/mol. The maximum atomic E-state index is 14.4. The molecule has 3 aromatic rings. The zero-order valence-corrected chi connectivity index (χ0v) is 15.2. The first kappa shape index (κ1) is 16.7. The Morgan fingerprint density at radius 3 is 3.00 bits per heavy atom. The highest BCUT2D eigenvalue weighted by Crippen LogP contribution is 2.32. The lowest BCUT2D eigenvalue weighted by atomic mass is 10.0. The van der Waals surface area contributed by atoms with Crippen LogP contribution in [0.25, 0.3) is 22.3 Å². The summed E-state index contributed by atoms with van der Waals surface area (Å²) in [6.07, 6.45) is 1.99. The van der Waals surface area contributed by atoms with E-state index in [-0.39, 0.29) is 17.2 Å². The number of amides is 1. The summed E-state index contributed by atoms with van der Waals surface area (Å²) in [5.41, 5.74) is 3.32. The third kappa shape index (κ3) is 2.52. The molecular formula is C20H18FN5O2. The highest BCUT2D eigenvalue weighted by molar-refractivity contribution is 6.07. The number of rotatable bonds is 2. The number of aromatic amines is 1. The van der Waals surface area contributed by atoms with Gasteiger partial charge in [-0.1, -0.05) is 0 Å². The summed E-state index contributed by atoms with van der Waals surface area (Å²) in [5, 5.41) is 20.3. The number of H-pyrrole nitrogens is 1. The molecule has 5 rings (SSSR count). The molecule has 0 aliphatic carbocycles. The number of halogens is 1. The number of aryl methyl sites for hydroxylation is 1. The molecule has 8 heteroatoms. The van der Waals surface area contributed by atoms with Gasteiger partial charge >= 0.3 is 0 Å². The molecule has 2 aromatic heterocycles. The second kappa shape index (κ2) is 6.05. The maximum Gasteiger partial charge on any atom is 0.255 e. The van der Waals surface area contributed by atoms with Crippen molar-refractivity contribution >= 4 is 16.9 Å². The predicted molar refractivity (Wildman–Crippen MR) is 101 cm³/mol. The van der Waals surface area contributed by atoms with Gasteiger partial charge in [-0.15, -0.1) is 0 Å². The van der Waals surface area contributed by atoms with Crippen LogP contribution in [0.3, 0.4) is 0 Å². The summed E-state index contributed by atoms with van der Waals surface area (Å²) in [4.78, 5) is 19.6. The van der Waals surface area contributed by atoms with Crippen LogP contribution in [0.2, 0.25) is 0 Å². The third-order valence-corrected chi connectivity index (χ3v) is 5.45. The third-order valence-electron chi connectivity index (χ3n) is 5.45. The van der Waals surface area contributed by atoms with Gasteiger partial charge in [-0.2, -0.15) is 5.10 Å². The highest BCUT2D eigenvalue weighted by atomic mass is 19.1. The lowest BCUT2D eigenvalue weighted by Gasteiger charge is -2.18. The van der Waals surface area contributed by atoms with Crippen LogP contribution in [0.1, 0.15) is 16.1 Å². The van der Waals surface area contributed by atoms with Crippen molar-refractivity contribution in [3.05, 3.63) is 53.1 Å². The molecule has 0 bridgehead atoms. The molecule has 1 atom stereocenters. The number of hydrogen-bond donors (Lipinski definition) is 3. The van der Waals surface area contributed by atoms with Gasteiger partial charge < -0.3 is 15.3 Å². The van der Waals surface area contributed by atoms with Crippen molar-refractivity contribution in [3.63, 3.8) is 0 Å². The predicted octanol–water partition coefficient (Wildman–Crippen LogP) is 2.34. The molecule has 2 aliphatic rings. The molecule has 7 nitrogen and oxygen atoms in total. The molecule has 1 saturated heterocycles. The van der Waals surface area contributed by atoms with Crippen LogP contribution in [0.15, 0.2) is 36.0 Å². The molecule has 2 aliphatic heterocycles. The Morgan fingerprint density at radius 1 is 1.36 bits per heavy atom. The minimum Gasteiger partial charge on any atom is -0.508 e. The topological polar surface area (TPSA) is 94.1 Å². The van der Waals surface area contributed by atoms with Gasteiger partial charge in [0.15, 0.2) is 5.65 Å². The van der Waals surface area contributed by atoms with Gasteiger partial charge in [0.2, 0.25) is 0 Å². The van der Waals surface area contributed by atoms with E-state index >= 15 is 0 Å². The fourth-order valence-corrected chi connectivity index (χ4v) is 4.02. The number of carbonyl (C=O) groups is 1. The van der Waals surface area contributed by atoms with E-state index in [1.54, 1.807) is 6.07 Å². The van der Waals surface area contributed by atoms with Crippen LogP contribution < -0.4 is 5.32 Å². The number of phenolic OH excluding ortho intramolecular Hbond substituents is 1. The average Bonchev–Trinajstić information content (AvgIpc) is 3.35. The number of fused-ring (bicyclic) bond motifs is 2. The molecule has 0 unspecified atom stereocenters. The summed E-state index contributed by atoms with van der Waals surface area (Å²) >= 11 is 0. The molecule has 1 amide bonds. The largest absolute Gasteiger partial charge is 0.508 e. The van der Waals surface area contributed by atoms with E-state index in [2.05, 4.69) is 20.5 Å². The minimum absolute atomic E-state index is 0.118. The van der Waals surface area contributed by atoms with Gasteiger partial charge in [-0.25, -0.2) is 9.37 Å². The standard InChI is InChI=1S/C20H18FN5O2/c1-10-18-15(20(28)26-8-11-6-22-7-12(11)9-26)5-17(23-19(18)25-24-10)14-3-2-13(27)4-16(14)21/h2-6,12,22,27H,7-9H2,1H3,(H,23,24,25)/t12-/m1/s1. The van der Waals surface area contributed by atoms with Gasteiger partial charge in [-0.3, -0.25) is 9.89 Å². The quantitative estimate of drug-likeness (QED) is 0.635. The molecule has 28 heavy (non-hydrogen) atoms. The first-order chi connectivity index (χ1) is 13.5. The van der Waals surface area contributed by atoms with Crippen LogP contribution in [0.4, 0.5) is 4.39 Å². The van der Waals surface area contributed by atoms with Gasteiger partial charge in [-0.05, 0) is 36.9 Å². The summed E-state index contributed by atoms with van der Waals surface area (Å²) < 4.78 is 14.4. The normalized spacial score (nSPS) is 18.3. The van der Waals surface area contributed by atoms with Crippen molar-refractivity contribution in [1.29, 1.82) is 0 Å². The Labute approximate surface area is 159 Å². The van der Waals surface area contributed by atoms with E-state index in [9.17, 15) is 14.3 Å². The van der Waals surface area contributed by atoms with Gasteiger partial charge in [0.25, 0.3) is 5.91 Å². The van der Waals surface area contributed by atoms with Crippen molar-refractivity contribution in [2.45, 2.75) is 6.92 Å². The maximum absolute atomic E-state index is 14.4. The van der Waals surface area contributed by atoms with Crippen molar-refractivity contribution in [2.24, 2.45) is 5.92 Å². The number of aromatic hydroxyl groups is 1. The highest BCUT2D eigenvalue weighted by Gasteiger charge is 2.34. The number of benzene rings is 1. The lowest BCUT2D eigenvalue weighted by Crippen LogP contribution is -2.30. The number of pyridine rings is 1. The molecule has 1 fully saturated rings. The monoisotopic (exact) mass is 379 g/mol. The zero-order chi connectivity index (χ0) is 19.4. The SMILES string of the molecule is Cc1n[nH]c2nc(-c3ccc(O)cc3F)cc(C(=O)N3CC4=CNC[C@@H]4C3)c12. The minimum atomic E-state index is -0.603. The number of nitrogens with one attached hydrogen (secondary N) is 2. The summed E-state index contributed by atoms with van der Waals surface area (Å²) in [7, 11) is 0. The van der Waals surface area contributed by atoms with Crippen LogP contribution in [-0.4, -0.2) is 50.7 Å². The van der Waals surface area contributed by atoms with Gasteiger partial charge in [0.1, 0.15) is 11.6 Å². The Kier molecular flexibility index (Phi) is 3.61. The number of likely N-dealkylation sites (tertiary alicyclic amines) is 1. The Hall–Kier alpha value is -3.42. The van der Waals surface area contributed by atoms with Gasteiger partial charge in [0.05, 0.1) is 22.3 Å². The second-order valence-corrected chi connectivity index (χ2v) is 7.26. The molecule has 142 valence electrons. The Bertz CT molecular complexity index is 1150. The molecule has 4 heterocycles. The summed E-state index contributed by atoms with van der Waals surface area (Å²) in [6, 6.07) is 5.49. The number of nitrogens with zero attached hydrogens (tertiary/aromatic N) is 3. The van der Waals surface area contributed by atoms with Crippen LogP contribution in [0, 0.1) is 18.7 Å². The van der Waals surface area contributed by atoms with E-state index < -0.39 is 5.82 Å². The van der Waals surface area contributed by atoms with E-state index in [1.165, 1.54) is 17.7 Å². The molecule has 0 radical (unpaired) electrons. The van der Waals surface area contributed by atoms with Gasteiger partial charge in [0, 0.05) is 37.2 Å². The number of carbonyl (C=O) groups excluding carboxylic acids is 1. The molecule has 1 aromatic carbocycles. The fourth-order valence-electron chi connectivity index (χ4n) is 4.02. The summed E-state index contributed by atoms with van der Waals surface area (Å²) in [6.45, 7) is 3.89.